The number of carbonyl (C=O) groups excluding carboxylic acids is 1. The first kappa shape index (κ1) is 28.3. The molecule has 0 aliphatic heterocycles. The zero-order chi connectivity index (χ0) is 22.8. The van der Waals surface area contributed by atoms with Crippen LogP contribution in [0.3, 0.4) is 0 Å². The number of unbranched alkanes of at least 4 members (excludes halogenated alkanes) is 4. The van der Waals surface area contributed by atoms with Crippen LogP contribution in [-0.2, 0) is 40.9 Å². The molecule has 0 aliphatic carbocycles. The van der Waals surface area contributed by atoms with Crippen molar-refractivity contribution in [3.05, 3.63) is 35.9 Å². The number of hydrogen-bond donors (Lipinski definition) is 0. The van der Waals surface area contributed by atoms with Crippen LogP contribution >= 0.6 is 0 Å². The van der Waals surface area contributed by atoms with Crippen LogP contribution in [0.5, 0.6) is 0 Å². The summed E-state index contributed by atoms with van der Waals surface area (Å²) in [4.78, 5) is 13.0. The molecule has 0 amide bonds. The third kappa shape index (κ3) is 11.6. The van der Waals surface area contributed by atoms with Crippen LogP contribution in [0.1, 0.15) is 90.7 Å². The van der Waals surface area contributed by atoms with E-state index in [1.165, 1.54) is 0 Å². The fraction of sp³-hybridized carbons (Fsp3) is 0.708. The van der Waals surface area contributed by atoms with Crippen LogP contribution in [0.2, 0.25) is 0 Å². The van der Waals surface area contributed by atoms with Gasteiger partial charge in [0.2, 0.25) is 0 Å². The Kier molecular flexibility index (Phi) is 16.2. The summed E-state index contributed by atoms with van der Waals surface area (Å²) in [5.41, 5.74) is 0.719. The quantitative estimate of drug-likeness (QED) is 0.132. The van der Waals surface area contributed by atoms with Gasteiger partial charge in [0, 0.05) is 0 Å². The van der Waals surface area contributed by atoms with Crippen molar-refractivity contribution in [2.45, 2.75) is 85.2 Å². The van der Waals surface area contributed by atoms with Gasteiger partial charge in [-0.2, -0.15) is 0 Å². The summed E-state index contributed by atoms with van der Waals surface area (Å²) in [5, 5.41) is 0. The van der Waals surface area contributed by atoms with Crippen molar-refractivity contribution in [2.75, 3.05) is 26.4 Å². The van der Waals surface area contributed by atoms with Crippen LogP contribution in [0, 0.1) is 0 Å². The van der Waals surface area contributed by atoms with Gasteiger partial charge in [-0.3, -0.25) is 0 Å². The average molecular weight is 474 g/mol. The molecule has 0 aromatic heterocycles. The Labute approximate surface area is 194 Å². The fourth-order valence-electron chi connectivity index (χ4n) is 2.67. The SMILES string of the molecule is CCCCOC(=O)C([O][Ti]([O]CCCC)([O]CCCC)[O]CCCC)c1ccccc1. The molecule has 0 bridgehead atoms. The predicted octanol–water partition coefficient (Wildman–Crippen LogP) is 6.35. The Bertz CT molecular complexity index is 542. The van der Waals surface area contributed by atoms with Gasteiger partial charge in [0.1, 0.15) is 0 Å². The zero-order valence-corrected chi connectivity index (χ0v) is 21.5. The van der Waals surface area contributed by atoms with E-state index in [0.717, 1.165) is 56.9 Å². The van der Waals surface area contributed by atoms with Gasteiger partial charge in [0.15, 0.2) is 0 Å². The van der Waals surface area contributed by atoms with E-state index in [4.69, 9.17) is 18.0 Å². The first-order valence-electron chi connectivity index (χ1n) is 11.9. The molecule has 0 radical (unpaired) electrons. The molecule has 0 aliphatic rings. The Morgan fingerprint density at radius 2 is 1.19 bits per heavy atom. The fourth-order valence-corrected chi connectivity index (χ4v) is 6.04. The second-order valence-corrected chi connectivity index (χ2v) is 10.8. The van der Waals surface area contributed by atoms with E-state index in [1.54, 1.807) is 0 Å². The van der Waals surface area contributed by atoms with Crippen LogP contribution in [0.25, 0.3) is 0 Å². The second-order valence-electron chi connectivity index (χ2n) is 7.54. The van der Waals surface area contributed by atoms with E-state index in [2.05, 4.69) is 27.7 Å². The first-order chi connectivity index (χ1) is 15.1. The van der Waals surface area contributed by atoms with Crippen molar-refractivity contribution < 1.29 is 40.9 Å². The Morgan fingerprint density at radius 3 is 1.65 bits per heavy atom. The molecule has 0 fully saturated rings. The molecule has 1 aromatic carbocycles. The molecule has 1 unspecified atom stereocenters. The van der Waals surface area contributed by atoms with E-state index in [9.17, 15) is 4.79 Å². The van der Waals surface area contributed by atoms with Crippen LogP contribution < -0.4 is 0 Å². The number of hydrogen-bond acceptors (Lipinski definition) is 6. The Hall–Kier alpha value is -0.756. The summed E-state index contributed by atoms with van der Waals surface area (Å²) >= 11 is -4.20. The van der Waals surface area contributed by atoms with Gasteiger partial charge < -0.3 is 0 Å². The summed E-state index contributed by atoms with van der Waals surface area (Å²) in [6.45, 7) is 10.2. The van der Waals surface area contributed by atoms with Gasteiger partial charge in [0.05, 0.1) is 0 Å². The van der Waals surface area contributed by atoms with Gasteiger partial charge in [-0.05, 0) is 0 Å². The molecule has 0 N–H and O–H groups in total. The summed E-state index contributed by atoms with van der Waals surface area (Å²) in [5.74, 6) is -0.424. The molecule has 0 heterocycles. The molecule has 0 saturated heterocycles. The summed E-state index contributed by atoms with van der Waals surface area (Å²) in [6.07, 6.45) is 6.43. The normalized spacial score (nSPS) is 12.6. The van der Waals surface area contributed by atoms with Crippen LogP contribution in [0.4, 0.5) is 0 Å². The topological polar surface area (TPSA) is 63.2 Å². The summed E-state index contributed by atoms with van der Waals surface area (Å²) < 4.78 is 30.5. The van der Waals surface area contributed by atoms with Crippen LogP contribution in [-0.4, -0.2) is 32.4 Å². The molecule has 178 valence electrons. The van der Waals surface area contributed by atoms with E-state index in [0.29, 0.717) is 26.4 Å². The number of benzene rings is 1. The van der Waals surface area contributed by atoms with Crippen molar-refractivity contribution >= 4 is 5.97 Å². The maximum atomic E-state index is 13.0. The van der Waals surface area contributed by atoms with E-state index in [-0.39, 0.29) is 0 Å². The van der Waals surface area contributed by atoms with E-state index in [1.807, 2.05) is 30.3 Å². The predicted molar refractivity (Wildman–Crippen MR) is 119 cm³/mol. The third-order valence-corrected chi connectivity index (χ3v) is 8.08. The molecule has 6 nitrogen and oxygen atoms in total. The first-order valence-corrected chi connectivity index (χ1v) is 14.5. The number of esters is 1. The van der Waals surface area contributed by atoms with Crippen molar-refractivity contribution in [3.63, 3.8) is 0 Å². The second kappa shape index (κ2) is 17.8. The van der Waals surface area contributed by atoms with Crippen molar-refractivity contribution in [1.29, 1.82) is 0 Å². The van der Waals surface area contributed by atoms with Crippen molar-refractivity contribution in [2.24, 2.45) is 0 Å². The molecular weight excluding hydrogens is 432 g/mol. The molecule has 31 heavy (non-hydrogen) atoms. The molecule has 1 rings (SSSR count). The monoisotopic (exact) mass is 474 g/mol. The van der Waals surface area contributed by atoms with Gasteiger partial charge in [0.25, 0.3) is 0 Å². The van der Waals surface area contributed by atoms with Gasteiger partial charge in [-0.1, -0.05) is 0 Å². The maximum absolute atomic E-state index is 13.0. The molecule has 1 atom stereocenters. The van der Waals surface area contributed by atoms with Gasteiger partial charge in [-0.25, -0.2) is 0 Å². The molecule has 0 spiro atoms. The molecule has 1 aromatic rings. The summed E-state index contributed by atoms with van der Waals surface area (Å²) in [7, 11) is 0. The van der Waals surface area contributed by atoms with Gasteiger partial charge in [-0.15, -0.1) is 0 Å². The van der Waals surface area contributed by atoms with Crippen molar-refractivity contribution in [1.82, 2.24) is 0 Å². The number of ether oxygens (including phenoxy) is 1. The number of carbonyl (C=O) groups is 1. The van der Waals surface area contributed by atoms with Crippen molar-refractivity contribution in [3.8, 4) is 0 Å². The summed E-state index contributed by atoms with van der Waals surface area (Å²) in [6, 6.07) is 9.40. The zero-order valence-electron chi connectivity index (χ0n) is 19.9. The molecular formula is C24H42O6Ti. The molecule has 0 saturated carbocycles. The molecule has 7 heteroatoms. The minimum atomic E-state index is -4.20. The van der Waals surface area contributed by atoms with Gasteiger partial charge >= 0.3 is 194 Å². The minimum absolute atomic E-state index is 0.367. The van der Waals surface area contributed by atoms with Crippen LogP contribution in [0.15, 0.2) is 30.3 Å². The standard InChI is InChI=1S/C12H15O3.3C4H9O.Ti/c1-2-3-9-15-12(14)11(13)10-7-5-4-6-8-10;3*1-2-3-4-5;/h4-8,11H,2-3,9H2,1H3;3*2-4H2,1H3;/q4*-1;+4. The number of rotatable bonds is 19. The Balaban J connectivity index is 3.14. The Morgan fingerprint density at radius 1 is 0.742 bits per heavy atom. The van der Waals surface area contributed by atoms with E-state index < -0.39 is 30.2 Å². The average Bonchev–Trinajstić information content (AvgIpc) is 2.78. The third-order valence-electron chi connectivity index (χ3n) is 4.65. The van der Waals surface area contributed by atoms with E-state index >= 15 is 0 Å².